The number of carbonyl (C=O) groups excluding carboxylic acids is 1. The van der Waals surface area contributed by atoms with E-state index >= 15 is 0 Å². The highest BCUT2D eigenvalue weighted by molar-refractivity contribution is 7.92. The van der Waals surface area contributed by atoms with E-state index in [2.05, 4.69) is 0 Å². The Morgan fingerprint density at radius 1 is 1.43 bits per heavy atom. The Balaban J connectivity index is 2.10. The van der Waals surface area contributed by atoms with Crippen LogP contribution >= 0.6 is 11.3 Å². The van der Waals surface area contributed by atoms with Gasteiger partial charge in [0.25, 0.3) is 5.91 Å². The standard InChI is InChI=1S/C12H12N2O5S2/c1-19-6-8-2-7-3-9(10(15)4-11(7)20-8)14-5-12(16)13-21(14,17)18/h2-4,15H,5-6H2,1H3,(H,13,16). The van der Waals surface area contributed by atoms with Gasteiger partial charge in [0, 0.05) is 16.7 Å². The van der Waals surface area contributed by atoms with E-state index in [0.717, 1.165) is 19.3 Å². The number of nitrogens with one attached hydrogen (secondary N) is 1. The number of methoxy groups -OCH3 is 1. The highest BCUT2D eigenvalue weighted by Crippen LogP contribution is 2.38. The second-order valence-electron chi connectivity index (χ2n) is 4.56. The predicted molar refractivity (Wildman–Crippen MR) is 78.6 cm³/mol. The van der Waals surface area contributed by atoms with Crippen molar-refractivity contribution >= 4 is 43.2 Å². The monoisotopic (exact) mass is 328 g/mol. The Hall–Kier alpha value is -1.84. The summed E-state index contributed by atoms with van der Waals surface area (Å²) in [6.45, 7) is 0.105. The SMILES string of the molecule is COCc1cc2cc(N3CC(=O)NS3(=O)=O)c(O)cc2s1. The van der Waals surface area contributed by atoms with Crippen LogP contribution in [0.5, 0.6) is 5.75 Å². The maximum atomic E-state index is 11.8. The van der Waals surface area contributed by atoms with Crippen LogP contribution in [0.3, 0.4) is 0 Å². The van der Waals surface area contributed by atoms with E-state index in [0.29, 0.717) is 6.61 Å². The van der Waals surface area contributed by atoms with Gasteiger partial charge in [-0.15, -0.1) is 11.3 Å². The topological polar surface area (TPSA) is 95.9 Å². The van der Waals surface area contributed by atoms with E-state index in [4.69, 9.17) is 4.74 Å². The van der Waals surface area contributed by atoms with Crippen LogP contribution in [0.4, 0.5) is 5.69 Å². The largest absolute Gasteiger partial charge is 0.506 e. The van der Waals surface area contributed by atoms with Crippen molar-refractivity contribution in [2.45, 2.75) is 6.61 Å². The van der Waals surface area contributed by atoms with Crippen molar-refractivity contribution in [2.24, 2.45) is 0 Å². The molecule has 1 aromatic carbocycles. The van der Waals surface area contributed by atoms with E-state index in [1.807, 2.05) is 10.8 Å². The van der Waals surface area contributed by atoms with E-state index in [-0.39, 0.29) is 18.0 Å². The minimum absolute atomic E-state index is 0.0858. The third-order valence-corrected chi connectivity index (χ3v) is 5.50. The maximum absolute atomic E-state index is 11.8. The minimum Gasteiger partial charge on any atom is -0.506 e. The fraction of sp³-hybridized carbons (Fsp3) is 0.250. The van der Waals surface area contributed by atoms with Gasteiger partial charge in [-0.25, -0.2) is 9.03 Å². The zero-order chi connectivity index (χ0) is 15.2. The Kier molecular flexibility index (Phi) is 3.27. The summed E-state index contributed by atoms with van der Waals surface area (Å²) in [5.74, 6) is -0.812. The second-order valence-corrected chi connectivity index (χ2v) is 7.32. The first kappa shape index (κ1) is 14.1. The maximum Gasteiger partial charge on any atom is 0.326 e. The van der Waals surface area contributed by atoms with E-state index < -0.39 is 16.1 Å². The quantitative estimate of drug-likeness (QED) is 0.874. The number of aromatic hydroxyl groups is 1. The second kappa shape index (κ2) is 4.86. The summed E-state index contributed by atoms with van der Waals surface area (Å²) in [4.78, 5) is 12.2. The molecule has 0 radical (unpaired) electrons. The highest BCUT2D eigenvalue weighted by Gasteiger charge is 2.35. The molecule has 2 heterocycles. The number of nitrogens with zero attached hydrogens (tertiary/aromatic N) is 1. The van der Waals surface area contributed by atoms with Crippen molar-refractivity contribution in [3.05, 3.63) is 23.1 Å². The number of phenols is 1. The number of rotatable bonds is 3. The fourth-order valence-electron chi connectivity index (χ4n) is 2.19. The van der Waals surface area contributed by atoms with Crippen LogP contribution in [0, 0.1) is 0 Å². The van der Waals surface area contributed by atoms with Crippen LogP contribution in [-0.2, 0) is 26.3 Å². The van der Waals surface area contributed by atoms with E-state index in [1.165, 1.54) is 17.4 Å². The predicted octanol–water partition coefficient (Wildman–Crippen LogP) is 0.934. The minimum atomic E-state index is -3.93. The van der Waals surface area contributed by atoms with Crippen LogP contribution in [0.25, 0.3) is 10.1 Å². The van der Waals surface area contributed by atoms with E-state index in [9.17, 15) is 18.3 Å². The Bertz CT molecular complexity index is 828. The molecule has 0 spiro atoms. The van der Waals surface area contributed by atoms with Gasteiger partial charge in [-0.1, -0.05) is 0 Å². The van der Waals surface area contributed by atoms with Gasteiger partial charge in [0.2, 0.25) is 0 Å². The van der Waals surface area contributed by atoms with Crippen LogP contribution in [0.2, 0.25) is 0 Å². The number of hydrogen-bond acceptors (Lipinski definition) is 6. The lowest BCUT2D eigenvalue weighted by atomic mass is 10.2. The van der Waals surface area contributed by atoms with Crippen LogP contribution in [-0.4, -0.2) is 33.1 Å². The lowest BCUT2D eigenvalue weighted by Gasteiger charge is -2.16. The number of anilines is 1. The first-order valence-corrected chi connectivity index (χ1v) is 8.24. The Morgan fingerprint density at radius 2 is 2.19 bits per heavy atom. The summed E-state index contributed by atoms with van der Waals surface area (Å²) < 4.78 is 32.3. The number of ether oxygens (including phenoxy) is 1. The number of phenolic OH excluding ortho intramolecular Hbond substituents is 1. The highest BCUT2D eigenvalue weighted by atomic mass is 32.2. The molecule has 0 atom stereocenters. The number of thiophene rings is 1. The molecule has 1 aliphatic heterocycles. The number of benzene rings is 1. The van der Waals surface area contributed by atoms with Gasteiger partial charge < -0.3 is 9.84 Å². The van der Waals surface area contributed by atoms with Gasteiger partial charge >= 0.3 is 10.2 Å². The van der Waals surface area contributed by atoms with E-state index in [1.54, 1.807) is 13.2 Å². The molecular weight excluding hydrogens is 316 g/mol. The van der Waals surface area contributed by atoms with Crippen molar-refractivity contribution in [3.8, 4) is 5.75 Å². The average molecular weight is 328 g/mol. The zero-order valence-electron chi connectivity index (χ0n) is 11.0. The first-order chi connectivity index (χ1) is 9.90. The molecule has 1 aromatic heterocycles. The molecule has 1 amide bonds. The smallest absolute Gasteiger partial charge is 0.326 e. The number of amides is 1. The third-order valence-electron chi connectivity index (χ3n) is 3.04. The molecule has 7 nitrogen and oxygen atoms in total. The summed E-state index contributed by atoms with van der Waals surface area (Å²) in [5, 5.41) is 10.8. The first-order valence-electron chi connectivity index (χ1n) is 5.98. The molecule has 0 unspecified atom stereocenters. The molecule has 112 valence electrons. The summed E-state index contributed by atoms with van der Waals surface area (Å²) in [7, 11) is -2.35. The summed E-state index contributed by atoms with van der Waals surface area (Å²) in [6.07, 6.45) is 0. The zero-order valence-corrected chi connectivity index (χ0v) is 12.6. The molecule has 1 saturated heterocycles. The number of carbonyl (C=O) groups is 1. The van der Waals surface area contributed by atoms with Gasteiger partial charge in [-0.05, 0) is 23.6 Å². The molecule has 2 aromatic rings. The van der Waals surface area contributed by atoms with Gasteiger partial charge in [0.15, 0.2) is 0 Å². The molecule has 3 rings (SSSR count). The van der Waals surface area contributed by atoms with Crippen molar-refractivity contribution in [1.82, 2.24) is 4.72 Å². The molecule has 0 aliphatic carbocycles. The van der Waals surface area contributed by atoms with Gasteiger partial charge in [0.1, 0.15) is 12.3 Å². The molecular formula is C12H12N2O5S2. The summed E-state index contributed by atoms with van der Waals surface area (Å²) in [6, 6.07) is 4.91. The third kappa shape index (κ3) is 2.43. The number of fused-ring (bicyclic) bond motifs is 1. The average Bonchev–Trinajstić information content (AvgIpc) is 2.87. The van der Waals surface area contributed by atoms with Gasteiger partial charge in [-0.2, -0.15) is 8.42 Å². The number of hydrogen-bond donors (Lipinski definition) is 2. The van der Waals surface area contributed by atoms with Crippen molar-refractivity contribution in [1.29, 1.82) is 0 Å². The van der Waals surface area contributed by atoms with Crippen LogP contribution in [0.1, 0.15) is 4.88 Å². The Morgan fingerprint density at radius 3 is 2.81 bits per heavy atom. The molecule has 0 saturated carbocycles. The molecule has 21 heavy (non-hydrogen) atoms. The van der Waals surface area contributed by atoms with Crippen molar-refractivity contribution in [2.75, 3.05) is 18.0 Å². The van der Waals surface area contributed by atoms with Crippen LogP contribution in [0.15, 0.2) is 18.2 Å². The van der Waals surface area contributed by atoms with Crippen LogP contribution < -0.4 is 9.03 Å². The molecule has 2 N–H and O–H groups in total. The fourth-order valence-corrected chi connectivity index (χ4v) is 4.40. The molecule has 1 aliphatic rings. The lowest BCUT2D eigenvalue weighted by molar-refractivity contribution is -0.117. The molecule has 0 bridgehead atoms. The lowest BCUT2D eigenvalue weighted by Crippen LogP contribution is -2.29. The molecule has 1 fully saturated rings. The van der Waals surface area contributed by atoms with Gasteiger partial charge in [-0.3, -0.25) is 4.79 Å². The van der Waals surface area contributed by atoms with Crippen molar-refractivity contribution in [3.63, 3.8) is 0 Å². The van der Waals surface area contributed by atoms with Crippen molar-refractivity contribution < 1.29 is 23.1 Å². The molecule has 9 heteroatoms. The summed E-state index contributed by atoms with van der Waals surface area (Å²) in [5.41, 5.74) is 0.0858. The normalized spacial score (nSPS) is 17.4. The van der Waals surface area contributed by atoms with Gasteiger partial charge in [0.05, 0.1) is 12.3 Å². The Labute approximate surface area is 124 Å². The summed E-state index contributed by atoms with van der Waals surface area (Å²) >= 11 is 1.45.